The molecule has 0 aliphatic carbocycles. The van der Waals surface area contributed by atoms with Crippen LogP contribution in [-0.2, 0) is 22.6 Å². The lowest BCUT2D eigenvalue weighted by molar-refractivity contribution is -0.125. The minimum absolute atomic E-state index is 0.157. The zero-order valence-corrected chi connectivity index (χ0v) is 17.6. The Labute approximate surface area is 178 Å². The molecule has 1 amide bonds. The number of carbonyl (C=O) groups is 1. The smallest absolute Gasteiger partial charge is 0.246 e. The van der Waals surface area contributed by atoms with Crippen molar-refractivity contribution in [3.63, 3.8) is 0 Å². The van der Waals surface area contributed by atoms with Crippen molar-refractivity contribution in [3.05, 3.63) is 68.5 Å². The van der Waals surface area contributed by atoms with Crippen LogP contribution in [0.4, 0.5) is 0 Å². The maximum Gasteiger partial charge on any atom is 0.246 e. The average Bonchev–Trinajstić information content (AvgIpc) is 3.20. The second-order valence-electron chi connectivity index (χ2n) is 7.17. The van der Waals surface area contributed by atoms with Gasteiger partial charge in [-0.25, -0.2) is 4.98 Å². The maximum absolute atomic E-state index is 12.5. The van der Waals surface area contributed by atoms with Gasteiger partial charge in [0.2, 0.25) is 5.91 Å². The Morgan fingerprint density at radius 2 is 2.10 bits per heavy atom. The zero-order chi connectivity index (χ0) is 20.9. The fourth-order valence-electron chi connectivity index (χ4n) is 3.26. The average molecular weight is 426 g/mol. The van der Waals surface area contributed by atoms with E-state index in [1.807, 2.05) is 11.4 Å². The molecule has 3 aromatic rings. The number of rotatable bonds is 6. The van der Waals surface area contributed by atoms with E-state index < -0.39 is 0 Å². The first-order valence-corrected chi connectivity index (χ1v) is 10.7. The number of hydrogen-bond donors (Lipinski definition) is 0. The van der Waals surface area contributed by atoms with E-state index in [9.17, 15) is 9.59 Å². The molecule has 1 aromatic carbocycles. The SMILES string of the molecule is CN(Cc1csc(CN2CCOCC2)n1)C(=O)/C=C/c1coc2ccccc2c1=O. The van der Waals surface area contributed by atoms with Crippen LogP contribution in [0.1, 0.15) is 16.3 Å². The summed E-state index contributed by atoms with van der Waals surface area (Å²) in [6, 6.07) is 7.05. The lowest BCUT2D eigenvalue weighted by Gasteiger charge is -2.25. The predicted octanol–water partition coefficient (Wildman–Crippen LogP) is 2.75. The van der Waals surface area contributed by atoms with Crippen LogP contribution < -0.4 is 5.43 Å². The van der Waals surface area contributed by atoms with Crippen molar-refractivity contribution < 1.29 is 13.9 Å². The van der Waals surface area contributed by atoms with Gasteiger partial charge < -0.3 is 14.1 Å². The molecule has 0 spiro atoms. The van der Waals surface area contributed by atoms with E-state index >= 15 is 0 Å². The Balaban J connectivity index is 1.37. The van der Waals surface area contributed by atoms with Crippen LogP contribution in [0.15, 0.2) is 51.2 Å². The van der Waals surface area contributed by atoms with Crippen LogP contribution in [0.3, 0.4) is 0 Å². The van der Waals surface area contributed by atoms with Crippen LogP contribution in [0.2, 0.25) is 0 Å². The van der Waals surface area contributed by atoms with Crippen LogP contribution in [0.25, 0.3) is 17.0 Å². The molecule has 4 rings (SSSR count). The molecule has 8 heteroatoms. The van der Waals surface area contributed by atoms with E-state index in [0.717, 1.165) is 43.5 Å². The second kappa shape index (κ2) is 9.34. The van der Waals surface area contributed by atoms with Gasteiger partial charge in [-0.2, -0.15) is 0 Å². The highest BCUT2D eigenvalue weighted by Gasteiger charge is 2.14. The third kappa shape index (κ3) is 4.84. The van der Waals surface area contributed by atoms with Gasteiger partial charge in [0.15, 0.2) is 5.43 Å². The van der Waals surface area contributed by atoms with Gasteiger partial charge in [-0.3, -0.25) is 14.5 Å². The van der Waals surface area contributed by atoms with Gasteiger partial charge in [0.25, 0.3) is 0 Å². The molecular weight excluding hydrogens is 402 g/mol. The molecule has 7 nitrogen and oxygen atoms in total. The molecular formula is C22H23N3O4S. The van der Waals surface area contributed by atoms with E-state index in [2.05, 4.69) is 9.88 Å². The van der Waals surface area contributed by atoms with Gasteiger partial charge in [-0.05, 0) is 18.2 Å². The number of carbonyl (C=O) groups excluding carboxylic acids is 1. The third-order valence-corrected chi connectivity index (χ3v) is 5.83. The number of nitrogens with zero attached hydrogens (tertiary/aromatic N) is 3. The van der Waals surface area contributed by atoms with Crippen molar-refractivity contribution >= 4 is 34.3 Å². The minimum Gasteiger partial charge on any atom is -0.463 e. The maximum atomic E-state index is 12.5. The van der Waals surface area contributed by atoms with Crippen molar-refractivity contribution in [1.29, 1.82) is 0 Å². The Kier molecular flexibility index (Phi) is 6.37. The summed E-state index contributed by atoms with van der Waals surface area (Å²) in [5, 5.41) is 3.52. The third-order valence-electron chi connectivity index (χ3n) is 4.95. The van der Waals surface area contributed by atoms with Crippen molar-refractivity contribution in [1.82, 2.24) is 14.8 Å². The summed E-state index contributed by atoms with van der Waals surface area (Å²) in [7, 11) is 1.72. The van der Waals surface area contributed by atoms with Gasteiger partial charge in [0.05, 0.1) is 42.9 Å². The standard InChI is InChI=1S/C22H23N3O4S/c1-24(12-17-15-30-20(23-17)13-25-8-10-28-11-9-25)21(26)7-6-16-14-29-19-5-3-2-4-18(19)22(16)27/h2-7,14-15H,8-13H2,1H3/b7-6+. The quantitative estimate of drug-likeness (QED) is 0.566. The van der Waals surface area contributed by atoms with E-state index in [1.165, 1.54) is 18.4 Å². The first-order chi connectivity index (χ1) is 14.6. The molecule has 3 heterocycles. The Morgan fingerprint density at radius 1 is 1.30 bits per heavy atom. The molecule has 0 atom stereocenters. The van der Waals surface area contributed by atoms with Gasteiger partial charge in [-0.15, -0.1) is 11.3 Å². The molecule has 0 bridgehead atoms. The van der Waals surface area contributed by atoms with Gasteiger partial charge in [0, 0.05) is 31.6 Å². The van der Waals surface area contributed by atoms with E-state index in [0.29, 0.717) is 23.1 Å². The normalized spacial score (nSPS) is 15.1. The topological polar surface area (TPSA) is 75.9 Å². The summed E-state index contributed by atoms with van der Waals surface area (Å²) in [5.41, 5.74) is 1.57. The lowest BCUT2D eigenvalue weighted by atomic mass is 10.1. The Hall–Kier alpha value is -2.81. The number of fused-ring (bicyclic) bond motifs is 1. The van der Waals surface area contributed by atoms with E-state index in [4.69, 9.17) is 9.15 Å². The monoisotopic (exact) mass is 425 g/mol. The van der Waals surface area contributed by atoms with E-state index in [-0.39, 0.29) is 11.3 Å². The number of aromatic nitrogens is 1. The number of likely N-dealkylation sites (N-methyl/N-ethyl adjacent to an activating group) is 1. The van der Waals surface area contributed by atoms with Crippen LogP contribution in [0, 0.1) is 0 Å². The number of para-hydroxylation sites is 1. The van der Waals surface area contributed by atoms with Gasteiger partial charge in [0.1, 0.15) is 16.9 Å². The van der Waals surface area contributed by atoms with E-state index in [1.54, 1.807) is 41.5 Å². The fraction of sp³-hybridized carbons (Fsp3) is 0.318. The molecule has 1 aliphatic rings. The van der Waals surface area contributed by atoms with Crippen molar-refractivity contribution in [3.8, 4) is 0 Å². The number of ether oxygens (including phenoxy) is 1. The molecule has 0 radical (unpaired) electrons. The Morgan fingerprint density at radius 3 is 2.93 bits per heavy atom. The minimum atomic E-state index is -0.203. The molecule has 0 saturated carbocycles. The summed E-state index contributed by atoms with van der Waals surface area (Å²) in [6.07, 6.45) is 4.27. The number of morpholine rings is 1. The molecule has 0 unspecified atom stereocenters. The highest BCUT2D eigenvalue weighted by atomic mass is 32.1. The van der Waals surface area contributed by atoms with Crippen molar-refractivity contribution in [2.24, 2.45) is 0 Å². The number of hydrogen-bond acceptors (Lipinski definition) is 7. The first-order valence-electron chi connectivity index (χ1n) is 9.77. The van der Waals surface area contributed by atoms with Gasteiger partial charge in [-0.1, -0.05) is 12.1 Å². The number of benzene rings is 1. The van der Waals surface area contributed by atoms with Crippen molar-refractivity contribution in [2.45, 2.75) is 13.1 Å². The van der Waals surface area contributed by atoms with Crippen LogP contribution in [-0.4, -0.2) is 54.0 Å². The largest absolute Gasteiger partial charge is 0.463 e. The predicted molar refractivity (Wildman–Crippen MR) is 116 cm³/mol. The highest BCUT2D eigenvalue weighted by Crippen LogP contribution is 2.15. The van der Waals surface area contributed by atoms with Crippen molar-refractivity contribution in [2.75, 3.05) is 33.4 Å². The highest BCUT2D eigenvalue weighted by molar-refractivity contribution is 7.09. The number of thiazole rings is 1. The molecule has 0 N–H and O–H groups in total. The van der Waals surface area contributed by atoms with Crippen LogP contribution >= 0.6 is 11.3 Å². The summed E-state index contributed by atoms with van der Waals surface area (Å²) in [5.74, 6) is -0.203. The summed E-state index contributed by atoms with van der Waals surface area (Å²) in [4.78, 5) is 33.5. The molecule has 1 saturated heterocycles. The Bertz CT molecular complexity index is 1110. The summed E-state index contributed by atoms with van der Waals surface area (Å²) < 4.78 is 10.9. The molecule has 156 valence electrons. The molecule has 1 fully saturated rings. The molecule has 2 aromatic heterocycles. The lowest BCUT2D eigenvalue weighted by Crippen LogP contribution is -2.35. The number of amides is 1. The fourth-order valence-corrected chi connectivity index (χ4v) is 4.09. The first kappa shape index (κ1) is 20.5. The molecule has 30 heavy (non-hydrogen) atoms. The second-order valence-corrected chi connectivity index (χ2v) is 8.11. The zero-order valence-electron chi connectivity index (χ0n) is 16.7. The summed E-state index contributed by atoms with van der Waals surface area (Å²) >= 11 is 1.61. The van der Waals surface area contributed by atoms with Crippen LogP contribution in [0.5, 0.6) is 0 Å². The van der Waals surface area contributed by atoms with Gasteiger partial charge >= 0.3 is 0 Å². The molecule has 1 aliphatic heterocycles. The summed E-state index contributed by atoms with van der Waals surface area (Å²) in [6.45, 7) is 4.58.